The fourth-order valence-electron chi connectivity index (χ4n) is 2.54. The lowest BCUT2D eigenvalue weighted by molar-refractivity contribution is 0.575. The van der Waals surface area contributed by atoms with Gasteiger partial charge in [-0.3, -0.25) is 5.43 Å². The third-order valence-electron chi connectivity index (χ3n) is 3.56. The van der Waals surface area contributed by atoms with Crippen LogP contribution in [0, 0.1) is 0 Å². The Labute approximate surface area is 116 Å². The van der Waals surface area contributed by atoms with Crippen molar-refractivity contribution >= 4 is 33.3 Å². The Balaban J connectivity index is 2.11. The molecule has 1 saturated heterocycles. The van der Waals surface area contributed by atoms with Crippen molar-refractivity contribution in [1.82, 2.24) is 9.97 Å². The molecule has 0 unspecified atom stereocenters. The average molecular weight is 277 g/mol. The molecule has 2 aromatic rings. The summed E-state index contributed by atoms with van der Waals surface area (Å²) in [5, 5.41) is 1.17. The predicted molar refractivity (Wildman–Crippen MR) is 80.7 cm³/mol. The number of nitrogen functional groups attached to an aromatic ring is 1. The van der Waals surface area contributed by atoms with E-state index in [1.165, 1.54) is 29.5 Å². The van der Waals surface area contributed by atoms with E-state index in [2.05, 4.69) is 33.3 Å². The molecule has 1 fully saturated rings. The molecule has 1 aliphatic rings. The Morgan fingerprint density at radius 3 is 2.79 bits per heavy atom. The summed E-state index contributed by atoms with van der Waals surface area (Å²) in [6, 6.07) is 2.23. The minimum Gasteiger partial charge on any atom is -0.356 e. The van der Waals surface area contributed by atoms with E-state index >= 15 is 0 Å². The molecule has 3 N–H and O–H groups in total. The highest BCUT2D eigenvalue weighted by Crippen LogP contribution is 2.33. The normalized spacial score (nSPS) is 16.0. The second-order valence-corrected chi connectivity index (χ2v) is 5.96. The van der Waals surface area contributed by atoms with Crippen molar-refractivity contribution in [3.05, 3.63) is 10.9 Å². The van der Waals surface area contributed by atoms with Crippen molar-refractivity contribution in [3.63, 3.8) is 0 Å². The van der Waals surface area contributed by atoms with E-state index in [-0.39, 0.29) is 0 Å². The van der Waals surface area contributed by atoms with Crippen molar-refractivity contribution < 1.29 is 0 Å². The van der Waals surface area contributed by atoms with Gasteiger partial charge < -0.3 is 4.90 Å². The largest absolute Gasteiger partial charge is 0.356 e. The molecule has 0 radical (unpaired) electrons. The lowest BCUT2D eigenvalue weighted by Gasteiger charge is -2.28. The summed E-state index contributed by atoms with van der Waals surface area (Å²) in [5.74, 6) is 7.04. The van der Waals surface area contributed by atoms with Crippen LogP contribution in [0.15, 0.2) is 6.07 Å². The number of hydrazine groups is 1. The second kappa shape index (κ2) is 5.30. The molecule has 102 valence electrons. The molecule has 0 atom stereocenters. The number of aryl methyl sites for hydroxylation is 1. The number of thiophene rings is 1. The molecule has 19 heavy (non-hydrogen) atoms. The molecule has 0 bridgehead atoms. The minimum atomic E-state index is 0.512. The molecule has 3 rings (SSSR count). The maximum absolute atomic E-state index is 5.49. The van der Waals surface area contributed by atoms with Crippen LogP contribution in [0.25, 0.3) is 10.2 Å². The summed E-state index contributed by atoms with van der Waals surface area (Å²) < 4.78 is 0. The quantitative estimate of drug-likeness (QED) is 0.666. The number of nitrogens with one attached hydrogen (secondary N) is 1. The smallest absolute Gasteiger partial charge is 0.240 e. The number of nitrogens with zero attached hydrogens (tertiary/aromatic N) is 3. The molecule has 0 amide bonds. The summed E-state index contributed by atoms with van der Waals surface area (Å²) in [4.78, 5) is 13.8. The molecule has 6 heteroatoms. The number of rotatable bonds is 3. The number of hydrogen-bond acceptors (Lipinski definition) is 6. The third kappa shape index (κ3) is 2.37. The zero-order valence-corrected chi connectivity index (χ0v) is 12.0. The van der Waals surface area contributed by atoms with Gasteiger partial charge in [0.25, 0.3) is 0 Å². The first-order valence-corrected chi connectivity index (χ1v) is 7.65. The van der Waals surface area contributed by atoms with E-state index in [4.69, 9.17) is 5.84 Å². The van der Waals surface area contributed by atoms with Crippen LogP contribution in [0.5, 0.6) is 0 Å². The van der Waals surface area contributed by atoms with Crippen LogP contribution in [0.3, 0.4) is 0 Å². The van der Waals surface area contributed by atoms with Crippen LogP contribution in [-0.4, -0.2) is 23.1 Å². The summed E-state index contributed by atoms with van der Waals surface area (Å²) in [6.07, 6.45) is 4.83. The predicted octanol–water partition coefficient (Wildman–Crippen LogP) is 2.53. The second-order valence-electron chi connectivity index (χ2n) is 4.85. The van der Waals surface area contributed by atoms with Gasteiger partial charge in [-0.25, -0.2) is 10.8 Å². The minimum absolute atomic E-state index is 0.512. The Bertz CT molecular complexity index is 574. The first kappa shape index (κ1) is 12.6. The van der Waals surface area contributed by atoms with Crippen molar-refractivity contribution in [2.75, 3.05) is 23.4 Å². The fourth-order valence-corrected chi connectivity index (χ4v) is 3.50. The van der Waals surface area contributed by atoms with Crippen LogP contribution in [-0.2, 0) is 6.42 Å². The van der Waals surface area contributed by atoms with E-state index in [0.717, 1.165) is 30.2 Å². The molecule has 0 aliphatic carbocycles. The van der Waals surface area contributed by atoms with E-state index in [0.29, 0.717) is 5.95 Å². The van der Waals surface area contributed by atoms with Gasteiger partial charge in [0, 0.05) is 18.0 Å². The van der Waals surface area contributed by atoms with Crippen LogP contribution < -0.4 is 16.2 Å². The third-order valence-corrected chi connectivity index (χ3v) is 4.73. The van der Waals surface area contributed by atoms with E-state index < -0.39 is 0 Å². The molecule has 2 aromatic heterocycles. The Hall–Kier alpha value is -1.40. The number of aromatic nitrogens is 2. The highest BCUT2D eigenvalue weighted by molar-refractivity contribution is 7.18. The SMILES string of the molecule is CCc1cc2c(N3CCCCC3)nc(NN)nc2s1. The highest BCUT2D eigenvalue weighted by atomic mass is 32.1. The molecule has 5 nitrogen and oxygen atoms in total. The van der Waals surface area contributed by atoms with Gasteiger partial charge in [0.2, 0.25) is 5.95 Å². The van der Waals surface area contributed by atoms with Crippen LogP contribution in [0.4, 0.5) is 11.8 Å². The standard InChI is InChI=1S/C13H19N5S/c1-2-9-8-10-11(18-6-4-3-5-7-18)15-13(17-14)16-12(10)19-9/h8H,2-7,14H2,1H3,(H,15,16,17). The van der Waals surface area contributed by atoms with Gasteiger partial charge in [-0.15, -0.1) is 11.3 Å². The lowest BCUT2D eigenvalue weighted by atomic mass is 10.1. The van der Waals surface area contributed by atoms with Crippen LogP contribution >= 0.6 is 11.3 Å². The van der Waals surface area contributed by atoms with Gasteiger partial charge in [0.05, 0.1) is 5.39 Å². The highest BCUT2D eigenvalue weighted by Gasteiger charge is 2.18. The molecule has 0 saturated carbocycles. The Morgan fingerprint density at radius 2 is 2.11 bits per heavy atom. The Morgan fingerprint density at radius 1 is 1.32 bits per heavy atom. The van der Waals surface area contributed by atoms with Crippen molar-refractivity contribution in [1.29, 1.82) is 0 Å². The van der Waals surface area contributed by atoms with Crippen molar-refractivity contribution in [2.24, 2.45) is 5.84 Å². The van der Waals surface area contributed by atoms with Gasteiger partial charge in [-0.1, -0.05) is 6.92 Å². The molecule has 3 heterocycles. The summed E-state index contributed by atoms with van der Waals surface area (Å²) in [5.41, 5.74) is 2.58. The topological polar surface area (TPSA) is 67.1 Å². The monoisotopic (exact) mass is 277 g/mol. The van der Waals surface area contributed by atoms with Gasteiger partial charge >= 0.3 is 0 Å². The first-order valence-electron chi connectivity index (χ1n) is 6.84. The molecule has 0 aromatic carbocycles. The van der Waals surface area contributed by atoms with Crippen LogP contribution in [0.2, 0.25) is 0 Å². The average Bonchev–Trinajstić information content (AvgIpc) is 2.90. The summed E-state index contributed by atoms with van der Waals surface area (Å²) in [7, 11) is 0. The number of hydrogen-bond donors (Lipinski definition) is 2. The maximum Gasteiger partial charge on any atom is 0.240 e. The molecule has 1 aliphatic heterocycles. The lowest BCUT2D eigenvalue weighted by Crippen LogP contribution is -2.30. The first-order chi connectivity index (χ1) is 9.31. The fraction of sp³-hybridized carbons (Fsp3) is 0.538. The summed E-state index contributed by atoms with van der Waals surface area (Å²) >= 11 is 1.73. The maximum atomic E-state index is 5.49. The zero-order chi connectivity index (χ0) is 13.2. The Kier molecular flexibility index (Phi) is 3.52. The van der Waals surface area contributed by atoms with Crippen molar-refractivity contribution in [3.8, 4) is 0 Å². The molecular weight excluding hydrogens is 258 g/mol. The van der Waals surface area contributed by atoms with E-state index in [1.54, 1.807) is 11.3 Å². The number of fused-ring (bicyclic) bond motifs is 1. The van der Waals surface area contributed by atoms with Gasteiger partial charge in [0.1, 0.15) is 10.6 Å². The zero-order valence-electron chi connectivity index (χ0n) is 11.1. The van der Waals surface area contributed by atoms with Crippen LogP contribution in [0.1, 0.15) is 31.1 Å². The van der Waals surface area contributed by atoms with Gasteiger partial charge in [-0.2, -0.15) is 4.98 Å². The number of anilines is 2. The molecule has 0 spiro atoms. The van der Waals surface area contributed by atoms with Gasteiger partial charge in [-0.05, 0) is 31.7 Å². The number of piperidine rings is 1. The van der Waals surface area contributed by atoms with E-state index in [1.807, 2.05) is 0 Å². The van der Waals surface area contributed by atoms with Gasteiger partial charge in [0.15, 0.2) is 0 Å². The van der Waals surface area contributed by atoms with E-state index in [9.17, 15) is 0 Å². The number of nitrogens with two attached hydrogens (primary N) is 1. The summed E-state index contributed by atoms with van der Waals surface area (Å²) in [6.45, 7) is 4.32. The van der Waals surface area contributed by atoms with Crippen molar-refractivity contribution in [2.45, 2.75) is 32.6 Å². The molecular formula is C13H19N5S.